The minimum atomic E-state index is 0. The lowest BCUT2D eigenvalue weighted by Gasteiger charge is -2.42. The molecular weight excluding hydrogens is 307 g/mol. The second-order valence-electron chi connectivity index (χ2n) is 6.33. The van der Waals surface area contributed by atoms with Gasteiger partial charge in [-0.3, -0.25) is 4.90 Å². The zero-order chi connectivity index (χ0) is 13.9. The standard InChI is InChI=1S/C16H26N2O.2ClH/c1-16(2,3)15(18-10-8-17-9-11-18)13-6-5-7-14(12-13)19-4;;/h5-7,12,15,17H,8-11H2,1-4H3;2*1H/t15-;;/m0../s1. The summed E-state index contributed by atoms with van der Waals surface area (Å²) in [5.41, 5.74) is 1.57. The number of nitrogens with zero attached hydrogens (tertiary/aromatic N) is 1. The van der Waals surface area contributed by atoms with Crippen LogP contribution in [0.1, 0.15) is 32.4 Å². The van der Waals surface area contributed by atoms with Gasteiger partial charge in [0.1, 0.15) is 5.75 Å². The molecule has 3 nitrogen and oxygen atoms in total. The second-order valence-corrected chi connectivity index (χ2v) is 6.33. The summed E-state index contributed by atoms with van der Waals surface area (Å²) in [7, 11) is 1.73. The summed E-state index contributed by atoms with van der Waals surface area (Å²) in [5, 5.41) is 3.43. The highest BCUT2D eigenvalue weighted by atomic mass is 35.5. The Morgan fingerprint density at radius 3 is 2.29 bits per heavy atom. The third-order valence-corrected chi connectivity index (χ3v) is 3.75. The third kappa shape index (κ3) is 5.33. The number of hydrogen-bond donors (Lipinski definition) is 1. The topological polar surface area (TPSA) is 24.5 Å². The number of methoxy groups -OCH3 is 1. The van der Waals surface area contributed by atoms with E-state index in [1.807, 2.05) is 6.07 Å². The fourth-order valence-electron chi connectivity index (χ4n) is 3.01. The molecule has 1 atom stereocenters. The van der Waals surface area contributed by atoms with Crippen molar-refractivity contribution in [3.63, 3.8) is 0 Å². The van der Waals surface area contributed by atoms with Gasteiger partial charge in [0.2, 0.25) is 0 Å². The van der Waals surface area contributed by atoms with Crippen molar-refractivity contribution in [1.82, 2.24) is 10.2 Å². The van der Waals surface area contributed by atoms with E-state index in [1.54, 1.807) is 7.11 Å². The van der Waals surface area contributed by atoms with Gasteiger partial charge >= 0.3 is 0 Å². The second kappa shape index (κ2) is 8.84. The SMILES string of the molecule is COc1cccc([C@H](N2CCNCC2)C(C)(C)C)c1.Cl.Cl. The van der Waals surface area contributed by atoms with Gasteiger partial charge in [-0.05, 0) is 23.1 Å². The fraction of sp³-hybridized carbons (Fsp3) is 0.625. The highest BCUT2D eigenvalue weighted by Gasteiger charge is 2.32. The van der Waals surface area contributed by atoms with Crippen LogP contribution in [-0.2, 0) is 0 Å². The van der Waals surface area contributed by atoms with E-state index in [1.165, 1.54) is 5.56 Å². The molecule has 0 aromatic heterocycles. The van der Waals surface area contributed by atoms with Crippen molar-refractivity contribution < 1.29 is 4.74 Å². The van der Waals surface area contributed by atoms with Gasteiger partial charge in [0, 0.05) is 32.2 Å². The first-order valence-electron chi connectivity index (χ1n) is 7.11. The predicted molar refractivity (Wildman–Crippen MR) is 94.1 cm³/mol. The molecule has 0 aliphatic carbocycles. The Morgan fingerprint density at radius 2 is 1.76 bits per heavy atom. The molecule has 5 heteroatoms. The smallest absolute Gasteiger partial charge is 0.119 e. The number of piperazine rings is 1. The summed E-state index contributed by atoms with van der Waals surface area (Å²) in [6.07, 6.45) is 0. The normalized spacial score (nSPS) is 17.3. The summed E-state index contributed by atoms with van der Waals surface area (Å²) < 4.78 is 5.37. The molecule has 1 aliphatic heterocycles. The number of halogens is 2. The minimum absolute atomic E-state index is 0. The predicted octanol–water partition coefficient (Wildman–Crippen LogP) is 3.53. The molecule has 1 aliphatic rings. The minimum Gasteiger partial charge on any atom is -0.497 e. The maximum Gasteiger partial charge on any atom is 0.119 e. The van der Waals surface area contributed by atoms with Crippen LogP contribution in [-0.4, -0.2) is 38.2 Å². The molecule has 1 saturated heterocycles. The van der Waals surface area contributed by atoms with Crippen LogP contribution in [0.3, 0.4) is 0 Å². The molecule has 0 spiro atoms. The van der Waals surface area contributed by atoms with Crippen molar-refractivity contribution in [3.05, 3.63) is 29.8 Å². The Balaban J connectivity index is 0.00000200. The van der Waals surface area contributed by atoms with E-state index in [9.17, 15) is 0 Å². The van der Waals surface area contributed by atoms with Crippen LogP contribution in [0.2, 0.25) is 0 Å². The van der Waals surface area contributed by atoms with Crippen molar-refractivity contribution in [2.75, 3.05) is 33.3 Å². The molecule has 1 N–H and O–H groups in total. The van der Waals surface area contributed by atoms with Crippen molar-refractivity contribution in [2.24, 2.45) is 5.41 Å². The molecule has 0 radical (unpaired) electrons. The number of benzene rings is 1. The molecule has 0 bridgehead atoms. The van der Waals surface area contributed by atoms with E-state index in [-0.39, 0.29) is 30.2 Å². The zero-order valence-corrected chi connectivity index (χ0v) is 15.0. The van der Waals surface area contributed by atoms with Gasteiger partial charge in [0.15, 0.2) is 0 Å². The number of rotatable bonds is 3. The fourth-order valence-corrected chi connectivity index (χ4v) is 3.01. The van der Waals surface area contributed by atoms with Gasteiger partial charge < -0.3 is 10.1 Å². The monoisotopic (exact) mass is 334 g/mol. The van der Waals surface area contributed by atoms with Crippen molar-refractivity contribution >= 4 is 24.8 Å². The van der Waals surface area contributed by atoms with Crippen LogP contribution < -0.4 is 10.1 Å². The highest BCUT2D eigenvalue weighted by molar-refractivity contribution is 5.85. The van der Waals surface area contributed by atoms with Crippen LogP contribution in [0.25, 0.3) is 0 Å². The van der Waals surface area contributed by atoms with Gasteiger partial charge in [0.25, 0.3) is 0 Å². The quantitative estimate of drug-likeness (QED) is 0.915. The van der Waals surface area contributed by atoms with E-state index in [0.717, 1.165) is 31.9 Å². The van der Waals surface area contributed by atoms with Crippen molar-refractivity contribution in [1.29, 1.82) is 0 Å². The Hall–Kier alpha value is -0.480. The molecule has 1 heterocycles. The molecular formula is C16H28Cl2N2O. The Kier molecular flexibility index (Phi) is 8.64. The molecule has 1 aromatic carbocycles. The van der Waals surface area contributed by atoms with Gasteiger partial charge in [-0.25, -0.2) is 0 Å². The lowest BCUT2D eigenvalue weighted by Crippen LogP contribution is -2.48. The average molecular weight is 335 g/mol. The summed E-state index contributed by atoms with van der Waals surface area (Å²) in [5.74, 6) is 0.946. The maximum absolute atomic E-state index is 5.37. The van der Waals surface area contributed by atoms with E-state index in [4.69, 9.17) is 4.74 Å². The molecule has 0 amide bonds. The maximum atomic E-state index is 5.37. The third-order valence-electron chi connectivity index (χ3n) is 3.75. The van der Waals surface area contributed by atoms with Crippen LogP contribution in [0, 0.1) is 5.41 Å². The Labute approximate surface area is 141 Å². The first-order valence-corrected chi connectivity index (χ1v) is 7.11. The summed E-state index contributed by atoms with van der Waals surface area (Å²) >= 11 is 0. The summed E-state index contributed by atoms with van der Waals surface area (Å²) in [6, 6.07) is 8.94. The molecule has 21 heavy (non-hydrogen) atoms. The van der Waals surface area contributed by atoms with Crippen LogP contribution in [0.4, 0.5) is 0 Å². The van der Waals surface area contributed by atoms with Crippen LogP contribution in [0.15, 0.2) is 24.3 Å². The average Bonchev–Trinajstić information content (AvgIpc) is 2.39. The molecule has 1 fully saturated rings. The zero-order valence-electron chi connectivity index (χ0n) is 13.4. The van der Waals surface area contributed by atoms with Crippen LogP contribution >= 0.6 is 24.8 Å². The van der Waals surface area contributed by atoms with Gasteiger partial charge in [-0.2, -0.15) is 0 Å². The number of hydrogen-bond acceptors (Lipinski definition) is 3. The van der Waals surface area contributed by atoms with Gasteiger partial charge in [-0.1, -0.05) is 32.9 Å². The van der Waals surface area contributed by atoms with E-state index >= 15 is 0 Å². The molecule has 2 rings (SSSR count). The van der Waals surface area contributed by atoms with E-state index in [0.29, 0.717) is 6.04 Å². The summed E-state index contributed by atoms with van der Waals surface area (Å²) in [4.78, 5) is 2.59. The number of ether oxygens (including phenoxy) is 1. The van der Waals surface area contributed by atoms with E-state index < -0.39 is 0 Å². The number of nitrogens with one attached hydrogen (secondary N) is 1. The molecule has 0 saturated carbocycles. The molecule has 0 unspecified atom stereocenters. The first kappa shape index (κ1) is 20.5. The Morgan fingerprint density at radius 1 is 1.14 bits per heavy atom. The first-order chi connectivity index (χ1) is 9.02. The van der Waals surface area contributed by atoms with E-state index in [2.05, 4.69) is 49.2 Å². The van der Waals surface area contributed by atoms with Crippen molar-refractivity contribution in [3.8, 4) is 5.75 Å². The molecule has 1 aromatic rings. The lowest BCUT2D eigenvalue weighted by atomic mass is 9.81. The lowest BCUT2D eigenvalue weighted by molar-refractivity contribution is 0.0861. The van der Waals surface area contributed by atoms with Gasteiger partial charge in [-0.15, -0.1) is 24.8 Å². The largest absolute Gasteiger partial charge is 0.497 e. The summed E-state index contributed by atoms with van der Waals surface area (Å²) in [6.45, 7) is 11.3. The Bertz CT molecular complexity index is 415. The van der Waals surface area contributed by atoms with Crippen LogP contribution in [0.5, 0.6) is 5.75 Å². The van der Waals surface area contributed by atoms with Gasteiger partial charge in [0.05, 0.1) is 7.11 Å². The highest BCUT2D eigenvalue weighted by Crippen LogP contribution is 2.39. The molecule has 122 valence electrons. The van der Waals surface area contributed by atoms with Crippen molar-refractivity contribution in [2.45, 2.75) is 26.8 Å².